The minimum Gasteiger partial charge on any atom is -0.464 e. The zero-order valence-corrected chi connectivity index (χ0v) is 14.7. The molecule has 0 saturated heterocycles. The Bertz CT molecular complexity index is 881. The van der Waals surface area contributed by atoms with Crippen LogP contribution in [0.4, 0.5) is 5.69 Å². The molecule has 0 saturated carbocycles. The molecule has 0 aliphatic rings. The van der Waals surface area contributed by atoms with Crippen molar-refractivity contribution in [2.45, 2.75) is 19.9 Å². The second-order valence-corrected chi connectivity index (χ2v) is 5.98. The summed E-state index contributed by atoms with van der Waals surface area (Å²) >= 11 is 6.12. The van der Waals surface area contributed by atoms with Crippen LogP contribution >= 0.6 is 11.6 Å². The van der Waals surface area contributed by atoms with Crippen molar-refractivity contribution >= 4 is 29.2 Å². The SMILES string of the molecule is COC(=O)c1c(N)c(C#N)cn1-c1ccc(Cl)c(C(=O)NC(C)C)c1. The summed E-state index contributed by atoms with van der Waals surface area (Å²) in [4.78, 5) is 24.3. The van der Waals surface area contributed by atoms with Crippen LogP contribution in [0.5, 0.6) is 0 Å². The van der Waals surface area contributed by atoms with E-state index in [-0.39, 0.29) is 39.5 Å². The van der Waals surface area contributed by atoms with E-state index in [2.05, 4.69) is 5.32 Å². The second kappa shape index (κ2) is 7.28. The average molecular weight is 361 g/mol. The Kier molecular flexibility index (Phi) is 5.35. The van der Waals surface area contributed by atoms with Gasteiger partial charge < -0.3 is 20.4 Å². The standard InChI is InChI=1S/C17H17ClN4O3/c1-9(2)21-16(23)12-6-11(4-5-13(12)18)22-8-10(7-19)14(20)15(22)17(24)25-3/h4-6,8-9H,20H2,1-3H3,(H,21,23). The van der Waals surface area contributed by atoms with Crippen LogP contribution in [0.2, 0.25) is 5.02 Å². The Morgan fingerprint density at radius 3 is 2.64 bits per heavy atom. The monoisotopic (exact) mass is 360 g/mol. The molecule has 1 heterocycles. The van der Waals surface area contributed by atoms with E-state index in [1.807, 2.05) is 19.9 Å². The Labute approximate surface area is 149 Å². The van der Waals surface area contributed by atoms with E-state index in [1.165, 1.54) is 30.0 Å². The largest absolute Gasteiger partial charge is 0.464 e. The van der Waals surface area contributed by atoms with Gasteiger partial charge in [-0.05, 0) is 32.0 Å². The lowest BCUT2D eigenvalue weighted by atomic mass is 10.1. The normalized spacial score (nSPS) is 10.4. The molecule has 0 bridgehead atoms. The Morgan fingerprint density at radius 2 is 2.08 bits per heavy atom. The van der Waals surface area contributed by atoms with Gasteiger partial charge in [0.25, 0.3) is 5.91 Å². The van der Waals surface area contributed by atoms with Crippen molar-refractivity contribution in [2.24, 2.45) is 0 Å². The van der Waals surface area contributed by atoms with Gasteiger partial charge in [-0.15, -0.1) is 0 Å². The number of halogens is 1. The molecule has 8 heteroatoms. The first-order valence-corrected chi connectivity index (χ1v) is 7.78. The lowest BCUT2D eigenvalue weighted by molar-refractivity contribution is 0.0593. The number of nitrogens with zero attached hydrogens (tertiary/aromatic N) is 2. The van der Waals surface area contributed by atoms with Gasteiger partial charge in [-0.1, -0.05) is 11.6 Å². The van der Waals surface area contributed by atoms with Gasteiger partial charge in [0.05, 0.1) is 28.9 Å². The summed E-state index contributed by atoms with van der Waals surface area (Å²) in [5, 5.41) is 12.2. The molecular formula is C17H17ClN4O3. The molecule has 25 heavy (non-hydrogen) atoms. The number of hydrogen-bond donors (Lipinski definition) is 2. The molecule has 1 aromatic heterocycles. The number of nitrogen functional groups attached to an aromatic ring is 1. The summed E-state index contributed by atoms with van der Waals surface area (Å²) < 4.78 is 6.14. The highest BCUT2D eigenvalue weighted by molar-refractivity contribution is 6.34. The van der Waals surface area contributed by atoms with Gasteiger partial charge in [0.15, 0.2) is 5.69 Å². The van der Waals surface area contributed by atoms with E-state index < -0.39 is 5.97 Å². The van der Waals surface area contributed by atoms with Crippen molar-refractivity contribution in [1.29, 1.82) is 5.26 Å². The van der Waals surface area contributed by atoms with Crippen LogP contribution in [0.15, 0.2) is 24.4 Å². The Hall–Kier alpha value is -2.98. The minimum atomic E-state index is -0.692. The van der Waals surface area contributed by atoms with Crippen LogP contribution in [-0.4, -0.2) is 29.6 Å². The van der Waals surface area contributed by atoms with Crippen LogP contribution < -0.4 is 11.1 Å². The first kappa shape index (κ1) is 18.4. The summed E-state index contributed by atoms with van der Waals surface area (Å²) in [5.74, 6) is -1.04. The molecule has 3 N–H and O–H groups in total. The third-order valence-electron chi connectivity index (χ3n) is 3.44. The number of benzene rings is 1. The van der Waals surface area contributed by atoms with Gasteiger partial charge in [-0.3, -0.25) is 4.79 Å². The fourth-order valence-corrected chi connectivity index (χ4v) is 2.50. The third kappa shape index (κ3) is 3.59. The fourth-order valence-electron chi connectivity index (χ4n) is 2.30. The number of nitriles is 1. The van der Waals surface area contributed by atoms with Gasteiger partial charge in [-0.25, -0.2) is 4.79 Å². The van der Waals surface area contributed by atoms with Gasteiger partial charge in [-0.2, -0.15) is 5.26 Å². The van der Waals surface area contributed by atoms with Gasteiger partial charge in [0.2, 0.25) is 0 Å². The maximum Gasteiger partial charge on any atom is 0.357 e. The maximum atomic E-state index is 12.3. The number of rotatable bonds is 4. The molecule has 0 aliphatic heterocycles. The van der Waals surface area contributed by atoms with Crippen molar-refractivity contribution in [2.75, 3.05) is 12.8 Å². The number of esters is 1. The first-order valence-electron chi connectivity index (χ1n) is 7.40. The highest BCUT2D eigenvalue weighted by Gasteiger charge is 2.22. The second-order valence-electron chi connectivity index (χ2n) is 5.57. The molecule has 2 aromatic rings. The molecule has 0 unspecified atom stereocenters. The number of nitrogens with two attached hydrogens (primary N) is 1. The molecule has 0 atom stereocenters. The zero-order chi connectivity index (χ0) is 18.7. The van der Waals surface area contributed by atoms with E-state index in [9.17, 15) is 9.59 Å². The number of methoxy groups -OCH3 is 1. The number of aromatic nitrogens is 1. The third-order valence-corrected chi connectivity index (χ3v) is 3.77. The van der Waals surface area contributed by atoms with Gasteiger partial charge in [0.1, 0.15) is 6.07 Å². The highest BCUT2D eigenvalue weighted by atomic mass is 35.5. The lowest BCUT2D eigenvalue weighted by Crippen LogP contribution is -2.30. The van der Waals surface area contributed by atoms with E-state index in [4.69, 9.17) is 27.3 Å². The summed E-state index contributed by atoms with van der Waals surface area (Å²) in [6.07, 6.45) is 1.41. The fraction of sp³-hybridized carbons (Fsp3) is 0.235. The van der Waals surface area contributed by atoms with E-state index in [0.29, 0.717) is 5.69 Å². The number of hydrogen-bond acceptors (Lipinski definition) is 5. The van der Waals surface area contributed by atoms with Crippen molar-refractivity contribution in [3.63, 3.8) is 0 Å². The van der Waals surface area contributed by atoms with Crippen molar-refractivity contribution < 1.29 is 14.3 Å². The molecule has 1 amide bonds. The summed E-state index contributed by atoms with van der Waals surface area (Å²) in [5.41, 5.74) is 6.72. The van der Waals surface area contributed by atoms with Crippen LogP contribution in [0.1, 0.15) is 40.3 Å². The summed E-state index contributed by atoms with van der Waals surface area (Å²) in [7, 11) is 1.22. The lowest BCUT2D eigenvalue weighted by Gasteiger charge is -2.13. The van der Waals surface area contributed by atoms with Crippen LogP contribution in [0.3, 0.4) is 0 Å². The molecule has 0 aliphatic carbocycles. The minimum absolute atomic E-state index is 0.0107. The number of nitrogens with one attached hydrogen (secondary N) is 1. The number of ether oxygens (including phenoxy) is 1. The van der Waals surface area contributed by atoms with Gasteiger partial charge in [0, 0.05) is 17.9 Å². The van der Waals surface area contributed by atoms with Gasteiger partial charge >= 0.3 is 5.97 Å². The molecular weight excluding hydrogens is 344 g/mol. The predicted octanol–water partition coefficient (Wildman–Crippen LogP) is 2.51. The number of carbonyl (C=O) groups excluding carboxylic acids is 2. The Balaban J connectivity index is 2.62. The van der Waals surface area contributed by atoms with E-state index in [1.54, 1.807) is 6.07 Å². The quantitative estimate of drug-likeness (QED) is 0.814. The number of anilines is 1. The van der Waals surface area contributed by atoms with Crippen LogP contribution in [0, 0.1) is 11.3 Å². The first-order chi connectivity index (χ1) is 11.8. The topological polar surface area (TPSA) is 110 Å². The van der Waals surface area contributed by atoms with Crippen molar-refractivity contribution in [3.05, 3.63) is 46.2 Å². The zero-order valence-electron chi connectivity index (χ0n) is 14.0. The molecule has 2 rings (SSSR count). The van der Waals surface area contributed by atoms with Crippen molar-refractivity contribution in [3.8, 4) is 11.8 Å². The molecule has 0 fully saturated rings. The maximum absolute atomic E-state index is 12.3. The molecule has 130 valence electrons. The Morgan fingerprint density at radius 1 is 1.40 bits per heavy atom. The number of carbonyl (C=O) groups is 2. The predicted molar refractivity (Wildman–Crippen MR) is 93.8 cm³/mol. The van der Waals surface area contributed by atoms with E-state index >= 15 is 0 Å². The van der Waals surface area contributed by atoms with Crippen molar-refractivity contribution in [1.82, 2.24) is 9.88 Å². The van der Waals surface area contributed by atoms with Crippen LogP contribution in [0.25, 0.3) is 5.69 Å². The average Bonchev–Trinajstić information content (AvgIpc) is 2.90. The number of amides is 1. The highest BCUT2D eigenvalue weighted by Crippen LogP contribution is 2.27. The van der Waals surface area contributed by atoms with E-state index in [0.717, 1.165) is 0 Å². The smallest absolute Gasteiger partial charge is 0.357 e. The summed E-state index contributed by atoms with van der Waals surface area (Å²) in [6.45, 7) is 3.66. The molecule has 1 aromatic carbocycles. The molecule has 0 radical (unpaired) electrons. The summed E-state index contributed by atoms with van der Waals surface area (Å²) in [6, 6.07) is 6.53. The molecule has 7 nitrogen and oxygen atoms in total. The van der Waals surface area contributed by atoms with Crippen LogP contribution in [-0.2, 0) is 4.74 Å². The molecule has 0 spiro atoms.